The van der Waals surface area contributed by atoms with Gasteiger partial charge in [0.2, 0.25) is 5.95 Å². The van der Waals surface area contributed by atoms with Gasteiger partial charge < -0.3 is 25.0 Å². The van der Waals surface area contributed by atoms with E-state index in [9.17, 15) is 10.2 Å². The number of benzene rings is 3. The molecule has 8 nitrogen and oxygen atoms in total. The van der Waals surface area contributed by atoms with Gasteiger partial charge in [0.1, 0.15) is 23.0 Å². The highest BCUT2D eigenvalue weighted by Crippen LogP contribution is 2.34. The summed E-state index contributed by atoms with van der Waals surface area (Å²) in [6.07, 6.45) is 0.792. The summed E-state index contributed by atoms with van der Waals surface area (Å²) in [5.74, 6) is 2.04. The van der Waals surface area contributed by atoms with Crippen molar-refractivity contribution in [2.75, 3.05) is 19.5 Å². The number of nitrogens with zero attached hydrogens (tertiary/aromatic N) is 3. The Morgan fingerprint density at radius 3 is 1.85 bits per heavy atom. The minimum Gasteiger partial charge on any atom is -0.507 e. The first-order valence-electron chi connectivity index (χ1n) is 10.4. The Morgan fingerprint density at radius 2 is 1.30 bits per heavy atom. The van der Waals surface area contributed by atoms with E-state index in [1.807, 2.05) is 37.3 Å². The maximum absolute atomic E-state index is 10.6. The molecule has 1 aromatic heterocycles. The van der Waals surface area contributed by atoms with Gasteiger partial charge in [0, 0.05) is 11.8 Å². The maximum Gasteiger partial charge on any atom is 0.231 e. The van der Waals surface area contributed by atoms with Crippen LogP contribution in [0.5, 0.6) is 23.0 Å². The zero-order valence-electron chi connectivity index (χ0n) is 18.5. The van der Waals surface area contributed by atoms with Gasteiger partial charge in [-0.1, -0.05) is 13.0 Å². The Hall–Kier alpha value is -4.33. The molecule has 4 aromatic rings. The van der Waals surface area contributed by atoms with Crippen molar-refractivity contribution in [2.45, 2.75) is 13.3 Å². The average molecular weight is 444 g/mol. The number of phenolic OH excluding ortho intramolecular Hbond substituents is 2. The standard InChI is InChI=1S/C25H24N4O4/c1-4-15-5-11-19(21(30)13-15)23-27-24(20-12-10-18(33-3)14-22(20)31)29-25(28-23)26-16-6-8-17(32-2)9-7-16/h5-14,30-31H,4H2,1-3H3,(H,26,27,28,29). The van der Waals surface area contributed by atoms with E-state index in [-0.39, 0.29) is 29.1 Å². The molecule has 0 atom stereocenters. The van der Waals surface area contributed by atoms with Gasteiger partial charge in [0.15, 0.2) is 11.6 Å². The third-order valence-corrected chi connectivity index (χ3v) is 5.14. The summed E-state index contributed by atoms with van der Waals surface area (Å²) in [7, 11) is 3.12. The third-order valence-electron chi connectivity index (χ3n) is 5.14. The van der Waals surface area contributed by atoms with Crippen LogP contribution in [0.2, 0.25) is 0 Å². The van der Waals surface area contributed by atoms with Gasteiger partial charge in [-0.2, -0.15) is 9.97 Å². The molecule has 0 aliphatic carbocycles. The molecule has 4 rings (SSSR count). The monoisotopic (exact) mass is 444 g/mol. The largest absolute Gasteiger partial charge is 0.507 e. The Balaban J connectivity index is 1.82. The molecule has 33 heavy (non-hydrogen) atoms. The van der Waals surface area contributed by atoms with E-state index >= 15 is 0 Å². The maximum atomic E-state index is 10.6. The number of ether oxygens (including phenoxy) is 2. The fourth-order valence-electron chi connectivity index (χ4n) is 3.29. The first-order valence-corrected chi connectivity index (χ1v) is 10.4. The van der Waals surface area contributed by atoms with Crippen LogP contribution in [0.3, 0.4) is 0 Å². The molecule has 0 saturated carbocycles. The van der Waals surface area contributed by atoms with Gasteiger partial charge >= 0.3 is 0 Å². The lowest BCUT2D eigenvalue weighted by Crippen LogP contribution is -2.04. The number of methoxy groups -OCH3 is 2. The smallest absolute Gasteiger partial charge is 0.231 e. The van der Waals surface area contributed by atoms with Gasteiger partial charge in [-0.3, -0.25) is 0 Å². The number of aromatic hydroxyl groups is 2. The van der Waals surface area contributed by atoms with Crippen LogP contribution in [0.25, 0.3) is 22.8 Å². The van der Waals surface area contributed by atoms with E-state index in [2.05, 4.69) is 20.3 Å². The molecule has 0 amide bonds. The van der Waals surface area contributed by atoms with Gasteiger partial charge in [-0.05, 0) is 60.5 Å². The van der Waals surface area contributed by atoms with Crippen molar-refractivity contribution >= 4 is 11.6 Å². The summed E-state index contributed by atoms with van der Waals surface area (Å²) >= 11 is 0. The molecule has 0 unspecified atom stereocenters. The van der Waals surface area contributed by atoms with E-state index in [1.54, 1.807) is 31.4 Å². The summed E-state index contributed by atoms with van der Waals surface area (Å²) in [5, 5.41) is 24.3. The average Bonchev–Trinajstić information content (AvgIpc) is 2.84. The molecule has 0 radical (unpaired) electrons. The minimum absolute atomic E-state index is 0.0348. The molecule has 3 N–H and O–H groups in total. The predicted octanol–water partition coefficient (Wildman–Crippen LogP) is 4.94. The van der Waals surface area contributed by atoms with E-state index < -0.39 is 0 Å². The molecule has 168 valence electrons. The third kappa shape index (κ3) is 4.79. The highest BCUT2D eigenvalue weighted by Gasteiger charge is 2.16. The van der Waals surface area contributed by atoms with Crippen molar-refractivity contribution in [1.29, 1.82) is 0 Å². The van der Waals surface area contributed by atoms with Gasteiger partial charge in [0.05, 0.1) is 25.3 Å². The molecule has 0 aliphatic rings. The Morgan fingerprint density at radius 1 is 0.727 bits per heavy atom. The van der Waals surface area contributed by atoms with Crippen LogP contribution in [0.15, 0.2) is 60.7 Å². The number of rotatable bonds is 7. The Kier molecular flexibility index (Phi) is 6.26. The van der Waals surface area contributed by atoms with E-state index in [0.29, 0.717) is 16.9 Å². The van der Waals surface area contributed by atoms with Crippen molar-refractivity contribution in [3.05, 3.63) is 66.2 Å². The van der Waals surface area contributed by atoms with Gasteiger partial charge in [0.25, 0.3) is 0 Å². The molecular weight excluding hydrogens is 420 g/mol. The zero-order chi connectivity index (χ0) is 23.4. The number of anilines is 2. The lowest BCUT2D eigenvalue weighted by molar-refractivity contribution is 0.408. The predicted molar refractivity (Wildman–Crippen MR) is 126 cm³/mol. The van der Waals surface area contributed by atoms with Gasteiger partial charge in [-0.15, -0.1) is 0 Å². The summed E-state index contributed by atoms with van der Waals surface area (Å²) in [6, 6.07) is 17.6. The van der Waals surface area contributed by atoms with Crippen molar-refractivity contribution in [1.82, 2.24) is 15.0 Å². The summed E-state index contributed by atoms with van der Waals surface area (Å²) in [4.78, 5) is 13.5. The zero-order valence-corrected chi connectivity index (χ0v) is 18.5. The second kappa shape index (κ2) is 9.44. The summed E-state index contributed by atoms with van der Waals surface area (Å²) < 4.78 is 10.4. The number of phenols is 2. The van der Waals surface area contributed by atoms with Crippen LogP contribution in [0.1, 0.15) is 12.5 Å². The van der Waals surface area contributed by atoms with Crippen molar-refractivity contribution in [2.24, 2.45) is 0 Å². The molecule has 1 heterocycles. The molecule has 0 aliphatic heterocycles. The number of aryl methyl sites for hydroxylation is 1. The summed E-state index contributed by atoms with van der Waals surface area (Å²) in [5.41, 5.74) is 2.60. The second-order valence-electron chi connectivity index (χ2n) is 7.25. The van der Waals surface area contributed by atoms with Crippen LogP contribution in [0.4, 0.5) is 11.6 Å². The van der Waals surface area contributed by atoms with Crippen LogP contribution in [-0.4, -0.2) is 39.4 Å². The van der Waals surface area contributed by atoms with Crippen LogP contribution in [-0.2, 0) is 6.42 Å². The molecule has 0 fully saturated rings. The molecule has 0 saturated heterocycles. The molecule has 0 bridgehead atoms. The number of hydrogen-bond acceptors (Lipinski definition) is 8. The minimum atomic E-state index is -0.0348. The van der Waals surface area contributed by atoms with Crippen LogP contribution in [0, 0.1) is 0 Å². The quantitative estimate of drug-likeness (QED) is 0.368. The first kappa shape index (κ1) is 21.9. The highest BCUT2D eigenvalue weighted by molar-refractivity contribution is 5.71. The number of aromatic nitrogens is 3. The van der Waals surface area contributed by atoms with E-state index in [4.69, 9.17) is 9.47 Å². The number of nitrogens with one attached hydrogen (secondary N) is 1. The Labute approximate surface area is 191 Å². The first-order chi connectivity index (χ1) is 16.0. The topological polar surface area (TPSA) is 110 Å². The van der Waals surface area contributed by atoms with Crippen molar-refractivity contribution in [3.63, 3.8) is 0 Å². The SMILES string of the molecule is CCc1ccc(-c2nc(Nc3ccc(OC)cc3)nc(-c3ccc(OC)cc3O)n2)c(O)c1. The van der Waals surface area contributed by atoms with Crippen LogP contribution >= 0.6 is 0 Å². The van der Waals surface area contributed by atoms with Crippen molar-refractivity contribution < 1.29 is 19.7 Å². The second-order valence-corrected chi connectivity index (χ2v) is 7.25. The molecular formula is C25H24N4O4. The molecule has 3 aromatic carbocycles. The lowest BCUT2D eigenvalue weighted by Gasteiger charge is -2.12. The highest BCUT2D eigenvalue weighted by atomic mass is 16.5. The fraction of sp³-hybridized carbons (Fsp3) is 0.160. The van der Waals surface area contributed by atoms with E-state index in [0.717, 1.165) is 23.4 Å². The van der Waals surface area contributed by atoms with E-state index in [1.165, 1.54) is 13.2 Å². The fourth-order valence-corrected chi connectivity index (χ4v) is 3.29. The summed E-state index contributed by atoms with van der Waals surface area (Å²) in [6.45, 7) is 2.01. The Bertz CT molecular complexity index is 1200. The van der Waals surface area contributed by atoms with Crippen LogP contribution < -0.4 is 14.8 Å². The lowest BCUT2D eigenvalue weighted by atomic mass is 10.1. The number of hydrogen-bond donors (Lipinski definition) is 3. The van der Waals surface area contributed by atoms with Gasteiger partial charge in [-0.25, -0.2) is 4.98 Å². The van der Waals surface area contributed by atoms with Crippen molar-refractivity contribution in [3.8, 4) is 45.8 Å². The normalized spacial score (nSPS) is 10.6. The molecule has 8 heteroatoms. The molecule has 0 spiro atoms.